The van der Waals surface area contributed by atoms with E-state index in [-0.39, 0.29) is 12.5 Å². The predicted molar refractivity (Wildman–Crippen MR) is 75.5 cm³/mol. The lowest BCUT2D eigenvalue weighted by atomic mass is 10.1. The fourth-order valence-corrected chi connectivity index (χ4v) is 1.90. The van der Waals surface area contributed by atoms with Gasteiger partial charge in [-0.25, -0.2) is 0 Å². The van der Waals surface area contributed by atoms with Crippen LogP contribution < -0.4 is 10.6 Å². The molecule has 1 aromatic heterocycles. The van der Waals surface area contributed by atoms with Gasteiger partial charge in [-0.1, -0.05) is 5.16 Å². The molecule has 2 rings (SSSR count). The Kier molecular flexibility index (Phi) is 4.34. The second-order valence-electron chi connectivity index (χ2n) is 4.47. The van der Waals surface area contributed by atoms with Crippen molar-refractivity contribution in [2.24, 2.45) is 0 Å². The molecule has 2 aromatic rings. The van der Waals surface area contributed by atoms with Crippen molar-refractivity contribution in [2.75, 3.05) is 11.9 Å². The molecule has 0 atom stereocenters. The van der Waals surface area contributed by atoms with Gasteiger partial charge < -0.3 is 15.2 Å². The summed E-state index contributed by atoms with van der Waals surface area (Å²) in [7, 11) is 0. The first-order valence-electron chi connectivity index (χ1n) is 6.52. The molecule has 0 aliphatic heterocycles. The van der Waals surface area contributed by atoms with Crippen LogP contribution in [0.25, 0.3) is 0 Å². The molecule has 6 nitrogen and oxygen atoms in total. The molecular weight excluding hydrogens is 256 g/mol. The zero-order chi connectivity index (χ0) is 14.5. The molecule has 0 unspecified atom stereocenters. The molecule has 0 saturated heterocycles. The number of nitrogens with one attached hydrogen (secondary N) is 2. The third-order valence-electron chi connectivity index (χ3n) is 2.83. The minimum atomic E-state index is -0.145. The van der Waals surface area contributed by atoms with Gasteiger partial charge in [0.1, 0.15) is 0 Å². The fourth-order valence-electron chi connectivity index (χ4n) is 1.90. The molecule has 0 bridgehead atoms. The predicted octanol–water partition coefficient (Wildman–Crippen LogP) is 2.05. The summed E-state index contributed by atoms with van der Waals surface area (Å²) < 4.78 is 4.85. The van der Waals surface area contributed by atoms with Gasteiger partial charge in [0.15, 0.2) is 5.82 Å². The van der Waals surface area contributed by atoms with Crippen LogP contribution in [0.3, 0.4) is 0 Å². The van der Waals surface area contributed by atoms with Crippen LogP contribution in [-0.4, -0.2) is 22.6 Å². The van der Waals surface area contributed by atoms with Crippen LogP contribution in [0, 0.1) is 13.8 Å². The van der Waals surface area contributed by atoms with Crippen molar-refractivity contribution in [1.29, 1.82) is 0 Å². The maximum Gasteiger partial charge on any atom is 0.251 e. The quantitative estimate of drug-likeness (QED) is 0.872. The van der Waals surface area contributed by atoms with Gasteiger partial charge in [-0.3, -0.25) is 4.79 Å². The Morgan fingerprint density at radius 2 is 2.15 bits per heavy atom. The number of nitrogens with zero attached hydrogens (tertiary/aromatic N) is 2. The Morgan fingerprint density at radius 1 is 1.35 bits per heavy atom. The van der Waals surface area contributed by atoms with Crippen molar-refractivity contribution in [3.8, 4) is 0 Å². The molecule has 0 aliphatic carbocycles. The molecule has 6 heteroatoms. The first-order valence-corrected chi connectivity index (χ1v) is 6.52. The molecule has 2 N–H and O–H groups in total. The van der Waals surface area contributed by atoms with Crippen molar-refractivity contribution < 1.29 is 9.32 Å². The minimum absolute atomic E-state index is 0.145. The van der Waals surface area contributed by atoms with Crippen molar-refractivity contribution in [1.82, 2.24) is 15.5 Å². The summed E-state index contributed by atoms with van der Waals surface area (Å²) in [5.74, 6) is 0.811. The van der Waals surface area contributed by atoms with Gasteiger partial charge in [-0.15, -0.1) is 0 Å². The SMILES string of the molecule is CCNc1ccc(C(=O)NCc2noc(C)n2)c(C)c1. The number of anilines is 1. The molecule has 0 saturated carbocycles. The summed E-state index contributed by atoms with van der Waals surface area (Å²) in [6.07, 6.45) is 0. The average molecular weight is 274 g/mol. The van der Waals surface area contributed by atoms with E-state index in [1.807, 2.05) is 32.0 Å². The van der Waals surface area contributed by atoms with Crippen LogP contribution in [0.2, 0.25) is 0 Å². The lowest BCUT2D eigenvalue weighted by Gasteiger charge is -2.09. The second kappa shape index (κ2) is 6.18. The first-order chi connectivity index (χ1) is 9.60. The number of rotatable bonds is 5. The minimum Gasteiger partial charge on any atom is -0.385 e. The molecule has 0 spiro atoms. The van der Waals surface area contributed by atoms with Crippen LogP contribution in [0.4, 0.5) is 5.69 Å². The van der Waals surface area contributed by atoms with Gasteiger partial charge >= 0.3 is 0 Å². The van der Waals surface area contributed by atoms with Crippen LogP contribution in [0.5, 0.6) is 0 Å². The zero-order valence-corrected chi connectivity index (χ0v) is 11.9. The summed E-state index contributed by atoms with van der Waals surface area (Å²) in [5, 5.41) is 9.72. The largest absolute Gasteiger partial charge is 0.385 e. The molecule has 0 aliphatic rings. The molecule has 20 heavy (non-hydrogen) atoms. The topological polar surface area (TPSA) is 80.0 Å². The lowest BCUT2D eigenvalue weighted by molar-refractivity contribution is 0.0949. The fraction of sp³-hybridized carbons (Fsp3) is 0.357. The highest BCUT2D eigenvalue weighted by molar-refractivity contribution is 5.95. The third kappa shape index (κ3) is 3.34. The number of amides is 1. The molecule has 106 valence electrons. The monoisotopic (exact) mass is 274 g/mol. The summed E-state index contributed by atoms with van der Waals surface area (Å²) in [6.45, 7) is 6.76. The molecule has 1 amide bonds. The Morgan fingerprint density at radius 3 is 2.75 bits per heavy atom. The van der Waals surface area contributed by atoms with Gasteiger partial charge in [0.2, 0.25) is 5.89 Å². The highest BCUT2D eigenvalue weighted by Crippen LogP contribution is 2.15. The van der Waals surface area contributed by atoms with Gasteiger partial charge in [0.25, 0.3) is 5.91 Å². The molecule has 0 fully saturated rings. The van der Waals surface area contributed by atoms with E-state index in [1.54, 1.807) is 6.92 Å². The maximum absolute atomic E-state index is 12.1. The molecular formula is C14H18N4O2. The van der Waals surface area contributed by atoms with E-state index in [0.717, 1.165) is 17.8 Å². The number of carbonyl (C=O) groups is 1. The van der Waals surface area contributed by atoms with E-state index in [0.29, 0.717) is 17.3 Å². The normalized spacial score (nSPS) is 10.3. The van der Waals surface area contributed by atoms with Gasteiger partial charge in [-0.2, -0.15) is 4.98 Å². The van der Waals surface area contributed by atoms with E-state index < -0.39 is 0 Å². The van der Waals surface area contributed by atoms with Crippen molar-refractivity contribution in [3.63, 3.8) is 0 Å². The Labute approximate surface area is 117 Å². The second-order valence-corrected chi connectivity index (χ2v) is 4.47. The summed E-state index contributed by atoms with van der Waals surface area (Å²) >= 11 is 0. The van der Waals surface area contributed by atoms with Crippen molar-refractivity contribution >= 4 is 11.6 Å². The highest BCUT2D eigenvalue weighted by atomic mass is 16.5. The standard InChI is InChI=1S/C14H18N4O2/c1-4-15-11-5-6-12(9(2)7-11)14(19)16-8-13-17-10(3)20-18-13/h5-7,15H,4,8H2,1-3H3,(H,16,19). The molecule has 0 radical (unpaired) electrons. The van der Waals surface area contributed by atoms with Crippen LogP contribution >= 0.6 is 0 Å². The average Bonchev–Trinajstić information content (AvgIpc) is 2.82. The van der Waals surface area contributed by atoms with E-state index in [2.05, 4.69) is 20.8 Å². The van der Waals surface area contributed by atoms with E-state index in [1.165, 1.54) is 0 Å². The zero-order valence-electron chi connectivity index (χ0n) is 11.9. The molecule has 1 aromatic carbocycles. The first kappa shape index (κ1) is 14.0. The number of hydrogen-bond donors (Lipinski definition) is 2. The maximum atomic E-state index is 12.1. The summed E-state index contributed by atoms with van der Waals surface area (Å²) in [6, 6.07) is 5.66. The smallest absolute Gasteiger partial charge is 0.251 e. The Bertz CT molecular complexity index is 607. The van der Waals surface area contributed by atoms with Crippen molar-refractivity contribution in [3.05, 3.63) is 41.0 Å². The lowest BCUT2D eigenvalue weighted by Crippen LogP contribution is -2.24. The van der Waals surface area contributed by atoms with Gasteiger partial charge in [0.05, 0.1) is 6.54 Å². The van der Waals surface area contributed by atoms with Gasteiger partial charge in [-0.05, 0) is 37.6 Å². The summed E-state index contributed by atoms with van der Waals surface area (Å²) in [5.41, 5.74) is 2.58. The van der Waals surface area contributed by atoms with E-state index in [4.69, 9.17) is 4.52 Å². The number of aryl methyl sites for hydroxylation is 2. The summed E-state index contributed by atoms with van der Waals surface area (Å²) in [4.78, 5) is 16.1. The Hall–Kier alpha value is -2.37. The molecule has 1 heterocycles. The number of hydrogen-bond acceptors (Lipinski definition) is 5. The Balaban J connectivity index is 2.01. The van der Waals surface area contributed by atoms with Crippen molar-refractivity contribution in [2.45, 2.75) is 27.3 Å². The number of benzene rings is 1. The third-order valence-corrected chi connectivity index (χ3v) is 2.83. The van der Waals surface area contributed by atoms with Crippen LogP contribution in [-0.2, 0) is 6.54 Å². The van der Waals surface area contributed by atoms with Crippen LogP contribution in [0.1, 0.15) is 34.6 Å². The van der Waals surface area contributed by atoms with Crippen LogP contribution in [0.15, 0.2) is 22.7 Å². The number of carbonyl (C=O) groups excluding carboxylic acids is 1. The van der Waals surface area contributed by atoms with Gasteiger partial charge in [0, 0.05) is 24.7 Å². The van der Waals surface area contributed by atoms with E-state index in [9.17, 15) is 4.79 Å². The highest BCUT2D eigenvalue weighted by Gasteiger charge is 2.10. The number of aromatic nitrogens is 2. The van der Waals surface area contributed by atoms with E-state index >= 15 is 0 Å².